The minimum atomic E-state index is -3.58. The summed E-state index contributed by atoms with van der Waals surface area (Å²) < 4.78 is 32.7. The molecule has 0 radical (unpaired) electrons. The zero-order valence-corrected chi connectivity index (χ0v) is 14.9. The Bertz CT molecular complexity index is 665. The van der Waals surface area contributed by atoms with Gasteiger partial charge in [0.25, 0.3) is 5.91 Å². The van der Waals surface area contributed by atoms with E-state index in [1.165, 1.54) is 15.6 Å². The Balaban J connectivity index is 1.85. The summed E-state index contributed by atoms with van der Waals surface area (Å²) in [5, 5.41) is 1.69. The molecule has 128 valence electrons. The summed E-state index contributed by atoms with van der Waals surface area (Å²) in [5.41, 5.74) is 0. The van der Waals surface area contributed by atoms with E-state index in [9.17, 15) is 13.2 Å². The van der Waals surface area contributed by atoms with Crippen molar-refractivity contribution in [1.29, 1.82) is 0 Å². The molecule has 23 heavy (non-hydrogen) atoms. The van der Waals surface area contributed by atoms with Gasteiger partial charge in [-0.1, -0.05) is 6.42 Å². The number of sulfonamides is 1. The molecule has 2 fully saturated rings. The SMILES string of the molecule is C[C@@H]1CN(C(=O)c2sccc2S(=O)(=O)N2CCCCC2)CCO1. The average molecular weight is 358 g/mol. The molecule has 1 amide bonds. The summed E-state index contributed by atoms with van der Waals surface area (Å²) in [6.07, 6.45) is 2.81. The van der Waals surface area contributed by atoms with Crippen LogP contribution in [-0.4, -0.2) is 62.4 Å². The van der Waals surface area contributed by atoms with Gasteiger partial charge in [-0.2, -0.15) is 4.31 Å². The first kappa shape index (κ1) is 16.9. The van der Waals surface area contributed by atoms with Gasteiger partial charge in [0.2, 0.25) is 10.0 Å². The molecule has 0 aromatic carbocycles. The molecule has 0 unspecified atom stereocenters. The third-order valence-corrected chi connectivity index (χ3v) is 7.26. The summed E-state index contributed by atoms with van der Waals surface area (Å²) in [6.45, 7) is 4.50. The van der Waals surface area contributed by atoms with Crippen LogP contribution in [0.5, 0.6) is 0 Å². The molecule has 2 aliphatic rings. The first-order valence-electron chi connectivity index (χ1n) is 7.98. The highest BCUT2D eigenvalue weighted by atomic mass is 32.2. The van der Waals surface area contributed by atoms with E-state index in [0.717, 1.165) is 19.3 Å². The molecule has 2 saturated heterocycles. The summed E-state index contributed by atoms with van der Waals surface area (Å²) in [5.74, 6) is -0.203. The maximum absolute atomic E-state index is 12.9. The van der Waals surface area contributed by atoms with Gasteiger partial charge in [-0.25, -0.2) is 8.42 Å². The van der Waals surface area contributed by atoms with Gasteiger partial charge < -0.3 is 9.64 Å². The Morgan fingerprint density at radius 2 is 2.00 bits per heavy atom. The Kier molecular flexibility index (Phi) is 5.05. The van der Waals surface area contributed by atoms with Gasteiger partial charge in [0.15, 0.2) is 0 Å². The second-order valence-corrected chi connectivity index (χ2v) is 8.83. The van der Waals surface area contributed by atoms with Crippen molar-refractivity contribution in [2.24, 2.45) is 0 Å². The zero-order valence-electron chi connectivity index (χ0n) is 13.2. The highest BCUT2D eigenvalue weighted by Gasteiger charge is 2.33. The van der Waals surface area contributed by atoms with Crippen LogP contribution in [0.4, 0.5) is 0 Å². The van der Waals surface area contributed by atoms with Crippen LogP contribution in [0.15, 0.2) is 16.3 Å². The molecule has 3 heterocycles. The van der Waals surface area contributed by atoms with E-state index in [0.29, 0.717) is 37.7 Å². The second-order valence-electron chi connectivity index (χ2n) is 6.01. The molecule has 0 saturated carbocycles. The summed E-state index contributed by atoms with van der Waals surface area (Å²) in [4.78, 5) is 14.9. The van der Waals surface area contributed by atoms with Gasteiger partial charge in [-0.15, -0.1) is 11.3 Å². The van der Waals surface area contributed by atoms with Crippen molar-refractivity contribution < 1.29 is 17.9 Å². The molecule has 6 nitrogen and oxygen atoms in total. The fourth-order valence-electron chi connectivity index (χ4n) is 3.05. The van der Waals surface area contributed by atoms with E-state index >= 15 is 0 Å². The van der Waals surface area contributed by atoms with Crippen molar-refractivity contribution in [3.63, 3.8) is 0 Å². The normalized spacial score (nSPS) is 23.9. The van der Waals surface area contributed by atoms with Crippen LogP contribution in [0.3, 0.4) is 0 Å². The number of thiophene rings is 1. The minimum absolute atomic E-state index is 0.0187. The molecule has 0 aliphatic carbocycles. The number of hydrogen-bond donors (Lipinski definition) is 0. The van der Waals surface area contributed by atoms with Crippen LogP contribution in [0.1, 0.15) is 35.9 Å². The number of amides is 1. The molecule has 0 spiro atoms. The van der Waals surface area contributed by atoms with Crippen LogP contribution < -0.4 is 0 Å². The quantitative estimate of drug-likeness (QED) is 0.826. The van der Waals surface area contributed by atoms with Crippen LogP contribution in [0.25, 0.3) is 0 Å². The lowest BCUT2D eigenvalue weighted by Crippen LogP contribution is -2.45. The van der Waals surface area contributed by atoms with Crippen molar-refractivity contribution >= 4 is 27.3 Å². The number of nitrogens with zero attached hydrogens (tertiary/aromatic N) is 2. The zero-order chi connectivity index (χ0) is 16.4. The largest absolute Gasteiger partial charge is 0.375 e. The third-order valence-electron chi connectivity index (χ3n) is 4.28. The summed E-state index contributed by atoms with van der Waals surface area (Å²) >= 11 is 1.21. The highest BCUT2D eigenvalue weighted by molar-refractivity contribution is 7.89. The molecule has 8 heteroatoms. The third kappa shape index (κ3) is 3.45. The Morgan fingerprint density at radius 3 is 2.70 bits per heavy atom. The van der Waals surface area contributed by atoms with Crippen molar-refractivity contribution in [2.45, 2.75) is 37.2 Å². The van der Waals surface area contributed by atoms with Gasteiger partial charge in [-0.05, 0) is 31.2 Å². The fraction of sp³-hybridized carbons (Fsp3) is 0.667. The molecular formula is C15H22N2O4S2. The number of hydrogen-bond acceptors (Lipinski definition) is 5. The van der Waals surface area contributed by atoms with Crippen molar-refractivity contribution in [3.05, 3.63) is 16.3 Å². The van der Waals surface area contributed by atoms with Gasteiger partial charge in [0, 0.05) is 26.2 Å². The average Bonchev–Trinajstić information content (AvgIpc) is 3.05. The summed E-state index contributed by atoms with van der Waals surface area (Å²) in [6, 6.07) is 1.56. The minimum Gasteiger partial charge on any atom is -0.375 e. The first-order chi connectivity index (χ1) is 11.0. The van der Waals surface area contributed by atoms with E-state index in [2.05, 4.69) is 0 Å². The Hall–Kier alpha value is -0.960. The second kappa shape index (κ2) is 6.88. The lowest BCUT2D eigenvalue weighted by molar-refractivity contribution is -0.0123. The maximum atomic E-state index is 12.9. The van der Waals surface area contributed by atoms with Crippen LogP contribution in [-0.2, 0) is 14.8 Å². The van der Waals surface area contributed by atoms with E-state index in [1.54, 1.807) is 16.3 Å². The molecule has 1 aromatic rings. The van der Waals surface area contributed by atoms with Crippen LogP contribution >= 0.6 is 11.3 Å². The van der Waals surface area contributed by atoms with Crippen molar-refractivity contribution in [3.8, 4) is 0 Å². The van der Waals surface area contributed by atoms with Crippen LogP contribution in [0.2, 0.25) is 0 Å². The van der Waals surface area contributed by atoms with Gasteiger partial charge in [0.1, 0.15) is 9.77 Å². The number of ether oxygens (including phenoxy) is 1. The number of carbonyl (C=O) groups excluding carboxylic acids is 1. The molecule has 2 aliphatic heterocycles. The van der Waals surface area contributed by atoms with Crippen molar-refractivity contribution in [1.82, 2.24) is 9.21 Å². The van der Waals surface area contributed by atoms with Crippen molar-refractivity contribution in [2.75, 3.05) is 32.8 Å². The molecule has 3 rings (SSSR count). The Labute approximate surface area is 141 Å². The lowest BCUT2D eigenvalue weighted by atomic mass is 10.2. The number of carbonyl (C=O) groups is 1. The first-order valence-corrected chi connectivity index (χ1v) is 10.3. The van der Waals surface area contributed by atoms with E-state index in [1.807, 2.05) is 6.92 Å². The molecule has 0 bridgehead atoms. The fourth-order valence-corrected chi connectivity index (χ4v) is 5.93. The predicted molar refractivity (Wildman–Crippen MR) is 88.2 cm³/mol. The Morgan fingerprint density at radius 1 is 1.26 bits per heavy atom. The number of morpholine rings is 1. The number of piperidine rings is 1. The highest BCUT2D eigenvalue weighted by Crippen LogP contribution is 2.28. The lowest BCUT2D eigenvalue weighted by Gasteiger charge is -2.31. The standard InChI is InChI=1S/C15H22N2O4S2/c1-12-11-16(8-9-21-12)15(18)14-13(5-10-22-14)23(19,20)17-6-3-2-4-7-17/h5,10,12H,2-4,6-9,11H2,1H3/t12-/m1/s1. The van der Waals surface area contributed by atoms with Gasteiger partial charge in [-0.3, -0.25) is 4.79 Å². The topological polar surface area (TPSA) is 66.9 Å². The molecular weight excluding hydrogens is 336 g/mol. The van der Waals surface area contributed by atoms with E-state index in [4.69, 9.17) is 4.74 Å². The number of rotatable bonds is 3. The van der Waals surface area contributed by atoms with Crippen LogP contribution in [0, 0.1) is 0 Å². The predicted octanol–water partition coefficient (Wildman–Crippen LogP) is 1.78. The molecule has 1 atom stereocenters. The molecule has 1 aromatic heterocycles. The summed E-state index contributed by atoms with van der Waals surface area (Å²) in [7, 11) is -3.58. The van der Waals surface area contributed by atoms with Gasteiger partial charge >= 0.3 is 0 Å². The van der Waals surface area contributed by atoms with Gasteiger partial charge in [0.05, 0.1) is 12.7 Å². The maximum Gasteiger partial charge on any atom is 0.265 e. The van der Waals surface area contributed by atoms with E-state index < -0.39 is 10.0 Å². The molecule has 0 N–H and O–H groups in total. The smallest absolute Gasteiger partial charge is 0.265 e. The van der Waals surface area contributed by atoms with E-state index in [-0.39, 0.29) is 16.9 Å². The monoisotopic (exact) mass is 358 g/mol.